The molecule has 0 aliphatic heterocycles. The van der Waals surface area contributed by atoms with Gasteiger partial charge in [0.15, 0.2) is 6.10 Å². The van der Waals surface area contributed by atoms with Crippen molar-refractivity contribution in [3.63, 3.8) is 0 Å². The molecule has 0 amide bonds. The Morgan fingerprint density at radius 3 is 1.09 bits per heavy atom. The Bertz CT molecular complexity index is 865. The van der Waals surface area contributed by atoms with Gasteiger partial charge in [-0.2, -0.15) is 0 Å². The van der Waals surface area contributed by atoms with Crippen molar-refractivity contribution < 1.29 is 28.6 Å². The Morgan fingerprint density at radius 2 is 0.698 bits per heavy atom. The van der Waals surface area contributed by atoms with Gasteiger partial charge in [-0.25, -0.2) is 0 Å². The third kappa shape index (κ3) is 40.9. The van der Waals surface area contributed by atoms with Gasteiger partial charge in [0.1, 0.15) is 13.2 Å². The largest absolute Gasteiger partial charge is 0.462 e. The summed E-state index contributed by atoms with van der Waals surface area (Å²) in [6.07, 6.45) is 46.0. The lowest BCUT2D eigenvalue weighted by Gasteiger charge is -2.18. The van der Waals surface area contributed by atoms with E-state index in [9.17, 15) is 14.4 Å². The SMILES string of the molecule is CCCC/C=C\C/C=C\CCCCCCCC(=O)OC(COC(=O)CCCCCCCC)COC(=O)CCCCCCCCCCCCCCCCC. The fraction of sp³-hybridized carbons (Fsp3) is 0.851. The van der Waals surface area contributed by atoms with Crippen LogP contribution in [0.25, 0.3) is 0 Å². The van der Waals surface area contributed by atoms with Crippen molar-refractivity contribution in [2.24, 2.45) is 0 Å². The zero-order chi connectivity index (χ0) is 38.7. The summed E-state index contributed by atoms with van der Waals surface area (Å²) in [5, 5.41) is 0. The van der Waals surface area contributed by atoms with Crippen LogP contribution in [-0.4, -0.2) is 37.2 Å². The molecule has 0 saturated carbocycles. The Balaban J connectivity index is 4.26. The second kappa shape index (κ2) is 42.6. The molecular formula is C47H86O6. The lowest BCUT2D eigenvalue weighted by Crippen LogP contribution is -2.30. The molecule has 6 nitrogen and oxygen atoms in total. The van der Waals surface area contributed by atoms with E-state index in [1.807, 2.05) is 0 Å². The number of carbonyl (C=O) groups is 3. The number of rotatable bonds is 41. The first-order chi connectivity index (χ1) is 26.0. The molecule has 0 N–H and O–H groups in total. The minimum atomic E-state index is -0.769. The van der Waals surface area contributed by atoms with Gasteiger partial charge in [-0.3, -0.25) is 14.4 Å². The normalized spacial score (nSPS) is 12.1. The van der Waals surface area contributed by atoms with Crippen molar-refractivity contribution in [3.05, 3.63) is 24.3 Å². The van der Waals surface area contributed by atoms with Crippen LogP contribution in [0.1, 0.15) is 239 Å². The van der Waals surface area contributed by atoms with Crippen LogP contribution in [-0.2, 0) is 28.6 Å². The molecule has 53 heavy (non-hydrogen) atoms. The Morgan fingerprint density at radius 1 is 0.377 bits per heavy atom. The molecule has 1 atom stereocenters. The van der Waals surface area contributed by atoms with Gasteiger partial charge in [0.05, 0.1) is 0 Å². The van der Waals surface area contributed by atoms with Crippen LogP contribution in [0.4, 0.5) is 0 Å². The number of allylic oxidation sites excluding steroid dienone is 4. The maximum Gasteiger partial charge on any atom is 0.306 e. The van der Waals surface area contributed by atoms with Crippen LogP contribution in [0.3, 0.4) is 0 Å². The molecule has 0 bridgehead atoms. The number of ether oxygens (including phenoxy) is 3. The van der Waals surface area contributed by atoms with E-state index in [0.717, 1.165) is 83.5 Å². The van der Waals surface area contributed by atoms with Crippen molar-refractivity contribution in [1.82, 2.24) is 0 Å². The van der Waals surface area contributed by atoms with E-state index in [1.54, 1.807) is 0 Å². The van der Waals surface area contributed by atoms with E-state index in [-0.39, 0.29) is 31.1 Å². The third-order valence-corrected chi connectivity index (χ3v) is 9.96. The fourth-order valence-electron chi connectivity index (χ4n) is 6.46. The minimum absolute atomic E-state index is 0.0737. The second-order valence-corrected chi connectivity index (χ2v) is 15.3. The summed E-state index contributed by atoms with van der Waals surface area (Å²) in [6.45, 7) is 6.53. The second-order valence-electron chi connectivity index (χ2n) is 15.3. The van der Waals surface area contributed by atoms with Crippen LogP contribution in [0, 0.1) is 0 Å². The van der Waals surface area contributed by atoms with E-state index >= 15 is 0 Å². The first kappa shape index (κ1) is 50.9. The molecule has 0 aromatic carbocycles. The van der Waals surface area contributed by atoms with E-state index < -0.39 is 6.10 Å². The Hall–Kier alpha value is -2.11. The first-order valence-corrected chi connectivity index (χ1v) is 22.8. The van der Waals surface area contributed by atoms with Gasteiger partial charge in [-0.05, 0) is 44.9 Å². The summed E-state index contributed by atoms with van der Waals surface area (Å²) < 4.78 is 16.6. The molecule has 0 aromatic rings. The molecule has 0 fully saturated rings. The molecule has 0 aliphatic carbocycles. The molecule has 6 heteroatoms. The number of carbonyl (C=O) groups excluding carboxylic acids is 3. The van der Waals surface area contributed by atoms with Crippen LogP contribution in [0.5, 0.6) is 0 Å². The predicted molar refractivity (Wildman–Crippen MR) is 224 cm³/mol. The standard InChI is InChI=1S/C47H86O6/c1-4-7-10-13-16-18-20-22-24-26-27-29-31-34-37-40-46(49)52-43-44(42-51-45(48)39-36-33-15-12-9-6-3)53-47(50)41-38-35-32-30-28-25-23-21-19-17-14-11-8-5-2/h14,17,21,23,44H,4-13,15-16,18-20,22,24-43H2,1-3H3/b17-14-,23-21-. The molecule has 0 rings (SSSR count). The fourth-order valence-corrected chi connectivity index (χ4v) is 6.46. The highest BCUT2D eigenvalue weighted by Crippen LogP contribution is 2.15. The highest BCUT2D eigenvalue weighted by Gasteiger charge is 2.19. The van der Waals surface area contributed by atoms with Crippen LogP contribution >= 0.6 is 0 Å². The maximum absolute atomic E-state index is 12.7. The van der Waals surface area contributed by atoms with Gasteiger partial charge < -0.3 is 14.2 Å². The molecule has 1 unspecified atom stereocenters. The van der Waals surface area contributed by atoms with E-state index in [4.69, 9.17) is 14.2 Å². The topological polar surface area (TPSA) is 78.9 Å². The van der Waals surface area contributed by atoms with Crippen LogP contribution in [0.2, 0.25) is 0 Å². The monoisotopic (exact) mass is 747 g/mol. The van der Waals surface area contributed by atoms with E-state index in [1.165, 1.54) is 116 Å². The summed E-state index contributed by atoms with van der Waals surface area (Å²) >= 11 is 0. The van der Waals surface area contributed by atoms with Crippen LogP contribution in [0.15, 0.2) is 24.3 Å². The summed E-state index contributed by atoms with van der Waals surface area (Å²) in [6, 6.07) is 0. The van der Waals surface area contributed by atoms with Gasteiger partial charge in [-0.1, -0.05) is 199 Å². The van der Waals surface area contributed by atoms with Gasteiger partial charge in [-0.15, -0.1) is 0 Å². The molecule has 310 valence electrons. The van der Waals surface area contributed by atoms with Crippen molar-refractivity contribution in [3.8, 4) is 0 Å². The predicted octanol–water partition coefficient (Wildman–Crippen LogP) is 14.4. The zero-order valence-corrected chi connectivity index (χ0v) is 35.3. The zero-order valence-electron chi connectivity index (χ0n) is 35.3. The molecular weight excluding hydrogens is 661 g/mol. The van der Waals surface area contributed by atoms with Crippen molar-refractivity contribution in [2.75, 3.05) is 13.2 Å². The van der Waals surface area contributed by atoms with Gasteiger partial charge in [0.25, 0.3) is 0 Å². The average molecular weight is 747 g/mol. The van der Waals surface area contributed by atoms with Gasteiger partial charge in [0, 0.05) is 19.3 Å². The smallest absolute Gasteiger partial charge is 0.306 e. The van der Waals surface area contributed by atoms with Crippen molar-refractivity contribution >= 4 is 17.9 Å². The molecule has 0 spiro atoms. The summed E-state index contributed by atoms with van der Waals surface area (Å²) in [4.78, 5) is 37.5. The van der Waals surface area contributed by atoms with Gasteiger partial charge >= 0.3 is 17.9 Å². The van der Waals surface area contributed by atoms with Crippen molar-refractivity contribution in [1.29, 1.82) is 0 Å². The van der Waals surface area contributed by atoms with Crippen molar-refractivity contribution in [2.45, 2.75) is 245 Å². The summed E-state index contributed by atoms with van der Waals surface area (Å²) in [5.41, 5.74) is 0. The Labute approximate surface area is 328 Å². The van der Waals surface area contributed by atoms with Crippen LogP contribution < -0.4 is 0 Å². The lowest BCUT2D eigenvalue weighted by atomic mass is 10.0. The number of esters is 3. The number of unbranched alkanes of at least 4 members (excludes halogenated alkanes) is 26. The molecule has 0 heterocycles. The average Bonchev–Trinajstić information content (AvgIpc) is 3.15. The quantitative estimate of drug-likeness (QED) is 0.0268. The highest BCUT2D eigenvalue weighted by molar-refractivity contribution is 5.71. The van der Waals surface area contributed by atoms with E-state index in [2.05, 4.69) is 45.1 Å². The third-order valence-electron chi connectivity index (χ3n) is 9.96. The molecule has 0 aliphatic rings. The van der Waals surface area contributed by atoms with Gasteiger partial charge in [0.2, 0.25) is 0 Å². The summed E-state index contributed by atoms with van der Waals surface area (Å²) in [5.74, 6) is -0.892. The maximum atomic E-state index is 12.7. The molecule has 0 saturated heterocycles. The molecule has 0 radical (unpaired) electrons. The first-order valence-electron chi connectivity index (χ1n) is 22.8. The Kier molecular flexibility index (Phi) is 40.9. The highest BCUT2D eigenvalue weighted by atomic mass is 16.6. The van der Waals surface area contributed by atoms with E-state index in [0.29, 0.717) is 19.3 Å². The minimum Gasteiger partial charge on any atom is -0.462 e. The number of hydrogen-bond donors (Lipinski definition) is 0. The lowest BCUT2D eigenvalue weighted by molar-refractivity contribution is -0.167. The molecule has 0 aromatic heterocycles. The number of hydrogen-bond acceptors (Lipinski definition) is 6. The summed E-state index contributed by atoms with van der Waals surface area (Å²) in [7, 11) is 0.